The number of aliphatic hydroxyl groups excluding tert-OH is 1. The molecule has 1 heterocycles. The van der Waals surface area contributed by atoms with Gasteiger partial charge in [0.25, 0.3) is 0 Å². The van der Waals surface area contributed by atoms with Crippen molar-refractivity contribution in [3.63, 3.8) is 0 Å². The van der Waals surface area contributed by atoms with Gasteiger partial charge in [-0.3, -0.25) is 0 Å². The SMILES string of the molecule is Cc1cc(N(C)CC2CCN(C)CC2)c(C(C)O)cc1F. The minimum Gasteiger partial charge on any atom is -0.389 e. The quantitative estimate of drug-likeness (QED) is 0.925. The van der Waals surface area contributed by atoms with Crippen LogP contribution in [0.1, 0.15) is 37.0 Å². The molecule has 1 aliphatic heterocycles. The number of piperidine rings is 1. The van der Waals surface area contributed by atoms with Crippen molar-refractivity contribution in [3.05, 3.63) is 29.1 Å². The van der Waals surface area contributed by atoms with Crippen molar-refractivity contribution < 1.29 is 9.50 Å². The summed E-state index contributed by atoms with van der Waals surface area (Å²) in [5.74, 6) is 0.417. The van der Waals surface area contributed by atoms with Crippen LogP contribution in [0.2, 0.25) is 0 Å². The summed E-state index contributed by atoms with van der Waals surface area (Å²) < 4.78 is 13.7. The molecule has 1 atom stereocenters. The first kappa shape index (κ1) is 16.2. The molecule has 2 rings (SSSR count). The second-order valence-electron chi connectivity index (χ2n) is 6.46. The van der Waals surface area contributed by atoms with Crippen LogP contribution in [0.3, 0.4) is 0 Å². The zero-order chi connectivity index (χ0) is 15.6. The molecule has 1 saturated heterocycles. The summed E-state index contributed by atoms with van der Waals surface area (Å²) in [4.78, 5) is 4.53. The van der Waals surface area contributed by atoms with Gasteiger partial charge in [-0.2, -0.15) is 0 Å². The van der Waals surface area contributed by atoms with Crippen molar-refractivity contribution in [2.24, 2.45) is 5.92 Å². The molecule has 1 fully saturated rings. The Hall–Kier alpha value is -1.13. The largest absolute Gasteiger partial charge is 0.389 e. The first-order valence-corrected chi connectivity index (χ1v) is 7.76. The molecule has 1 aromatic carbocycles. The van der Waals surface area contributed by atoms with Crippen molar-refractivity contribution in [2.75, 3.05) is 38.6 Å². The summed E-state index contributed by atoms with van der Waals surface area (Å²) in [7, 11) is 4.20. The summed E-state index contributed by atoms with van der Waals surface area (Å²) in [6.07, 6.45) is 1.74. The fraction of sp³-hybridized carbons (Fsp3) is 0.647. The van der Waals surface area contributed by atoms with Gasteiger partial charge in [0.2, 0.25) is 0 Å². The molecule has 0 saturated carbocycles. The van der Waals surface area contributed by atoms with E-state index in [9.17, 15) is 9.50 Å². The highest BCUT2D eigenvalue weighted by atomic mass is 19.1. The molecule has 1 N–H and O–H groups in total. The summed E-state index contributed by atoms with van der Waals surface area (Å²) in [6.45, 7) is 6.71. The van der Waals surface area contributed by atoms with Crippen LogP contribution in [0.4, 0.5) is 10.1 Å². The van der Waals surface area contributed by atoms with Crippen molar-refractivity contribution >= 4 is 5.69 Å². The number of rotatable bonds is 4. The Bertz CT molecular complexity index is 482. The van der Waals surface area contributed by atoms with E-state index in [0.717, 1.165) is 25.3 Å². The molecule has 1 aliphatic rings. The highest BCUT2D eigenvalue weighted by Gasteiger charge is 2.21. The molecule has 0 radical (unpaired) electrons. The predicted molar refractivity (Wildman–Crippen MR) is 85.3 cm³/mol. The second kappa shape index (κ2) is 6.75. The van der Waals surface area contributed by atoms with E-state index in [1.807, 2.05) is 13.1 Å². The maximum Gasteiger partial charge on any atom is 0.126 e. The van der Waals surface area contributed by atoms with E-state index in [2.05, 4.69) is 16.8 Å². The zero-order valence-electron chi connectivity index (χ0n) is 13.6. The summed E-state index contributed by atoms with van der Waals surface area (Å²) in [6, 6.07) is 3.33. The Morgan fingerprint density at radius 2 is 2.00 bits per heavy atom. The number of anilines is 1. The summed E-state index contributed by atoms with van der Waals surface area (Å²) in [5, 5.41) is 9.91. The van der Waals surface area contributed by atoms with Crippen molar-refractivity contribution in [1.29, 1.82) is 0 Å². The Morgan fingerprint density at radius 1 is 1.38 bits per heavy atom. The van der Waals surface area contributed by atoms with E-state index in [0.29, 0.717) is 17.0 Å². The van der Waals surface area contributed by atoms with E-state index in [-0.39, 0.29) is 5.82 Å². The van der Waals surface area contributed by atoms with Gasteiger partial charge in [0.1, 0.15) is 5.82 Å². The van der Waals surface area contributed by atoms with E-state index in [4.69, 9.17) is 0 Å². The standard InChI is InChI=1S/C17H27FN2O/c1-12-9-17(15(13(2)21)10-16(12)18)20(4)11-14-5-7-19(3)8-6-14/h9-10,13-14,21H,5-8,11H2,1-4H3. The van der Waals surface area contributed by atoms with E-state index >= 15 is 0 Å². The average molecular weight is 294 g/mol. The smallest absolute Gasteiger partial charge is 0.126 e. The molecule has 0 aromatic heterocycles. The van der Waals surface area contributed by atoms with Crippen LogP contribution in [-0.4, -0.2) is 43.7 Å². The topological polar surface area (TPSA) is 26.7 Å². The number of aliphatic hydroxyl groups is 1. The Balaban J connectivity index is 2.14. The van der Waals surface area contributed by atoms with Gasteiger partial charge in [0, 0.05) is 24.8 Å². The van der Waals surface area contributed by atoms with Gasteiger partial charge in [0.05, 0.1) is 6.10 Å². The predicted octanol–water partition coefficient (Wildman–Crippen LogP) is 2.97. The zero-order valence-corrected chi connectivity index (χ0v) is 13.6. The third kappa shape index (κ3) is 3.95. The molecular weight excluding hydrogens is 267 g/mol. The van der Waals surface area contributed by atoms with Gasteiger partial charge in [-0.25, -0.2) is 4.39 Å². The summed E-state index contributed by atoms with van der Waals surface area (Å²) >= 11 is 0. The number of aryl methyl sites for hydroxylation is 1. The number of benzene rings is 1. The van der Waals surface area contributed by atoms with Gasteiger partial charge < -0.3 is 14.9 Å². The van der Waals surface area contributed by atoms with Gasteiger partial charge in [-0.1, -0.05) is 0 Å². The fourth-order valence-electron chi connectivity index (χ4n) is 3.08. The highest BCUT2D eigenvalue weighted by molar-refractivity contribution is 5.56. The molecule has 118 valence electrons. The molecule has 0 spiro atoms. The van der Waals surface area contributed by atoms with E-state index < -0.39 is 6.10 Å². The van der Waals surface area contributed by atoms with Gasteiger partial charge in [-0.15, -0.1) is 0 Å². The highest BCUT2D eigenvalue weighted by Crippen LogP contribution is 2.30. The maximum absolute atomic E-state index is 13.7. The number of hydrogen-bond donors (Lipinski definition) is 1. The Morgan fingerprint density at radius 3 is 2.57 bits per heavy atom. The van der Waals surface area contributed by atoms with Crippen LogP contribution in [0.5, 0.6) is 0 Å². The van der Waals surface area contributed by atoms with Crippen LogP contribution < -0.4 is 4.90 Å². The van der Waals surface area contributed by atoms with E-state index in [1.54, 1.807) is 13.8 Å². The van der Waals surface area contributed by atoms with Crippen LogP contribution in [0, 0.1) is 18.7 Å². The van der Waals surface area contributed by atoms with Crippen LogP contribution >= 0.6 is 0 Å². The normalized spacial score (nSPS) is 18.8. The van der Waals surface area contributed by atoms with Crippen molar-refractivity contribution in [1.82, 2.24) is 4.90 Å². The van der Waals surface area contributed by atoms with Gasteiger partial charge in [-0.05, 0) is 70.4 Å². The Labute approximate surface area is 127 Å². The van der Waals surface area contributed by atoms with E-state index in [1.165, 1.54) is 18.9 Å². The third-order valence-corrected chi connectivity index (χ3v) is 4.54. The lowest BCUT2D eigenvalue weighted by atomic mass is 9.95. The molecule has 0 amide bonds. The third-order valence-electron chi connectivity index (χ3n) is 4.54. The fourth-order valence-corrected chi connectivity index (χ4v) is 3.08. The molecule has 4 heteroatoms. The average Bonchev–Trinajstić information content (AvgIpc) is 2.43. The molecule has 0 aliphatic carbocycles. The van der Waals surface area contributed by atoms with Crippen LogP contribution in [0.25, 0.3) is 0 Å². The molecule has 0 bridgehead atoms. The first-order chi connectivity index (χ1) is 9.88. The Kier molecular flexibility index (Phi) is 5.22. The second-order valence-corrected chi connectivity index (χ2v) is 6.46. The molecule has 3 nitrogen and oxygen atoms in total. The lowest BCUT2D eigenvalue weighted by Crippen LogP contribution is -2.36. The minimum absolute atomic E-state index is 0.248. The van der Waals surface area contributed by atoms with Crippen LogP contribution in [-0.2, 0) is 0 Å². The van der Waals surface area contributed by atoms with Crippen LogP contribution in [0.15, 0.2) is 12.1 Å². The lowest BCUT2D eigenvalue weighted by molar-refractivity contribution is 0.198. The van der Waals surface area contributed by atoms with Gasteiger partial charge >= 0.3 is 0 Å². The van der Waals surface area contributed by atoms with Crippen molar-refractivity contribution in [3.8, 4) is 0 Å². The molecule has 1 aromatic rings. The number of nitrogens with zero attached hydrogens (tertiary/aromatic N) is 2. The first-order valence-electron chi connectivity index (χ1n) is 7.76. The number of halogens is 1. The molecule has 21 heavy (non-hydrogen) atoms. The monoisotopic (exact) mass is 294 g/mol. The minimum atomic E-state index is -0.657. The lowest BCUT2D eigenvalue weighted by Gasteiger charge is -2.33. The molecular formula is C17H27FN2O. The van der Waals surface area contributed by atoms with Crippen molar-refractivity contribution in [2.45, 2.75) is 32.8 Å². The number of likely N-dealkylation sites (tertiary alicyclic amines) is 1. The van der Waals surface area contributed by atoms with Gasteiger partial charge in [0.15, 0.2) is 0 Å². The number of hydrogen-bond acceptors (Lipinski definition) is 3. The maximum atomic E-state index is 13.7. The molecule has 1 unspecified atom stereocenters. The summed E-state index contributed by atoms with van der Waals surface area (Å²) in [5.41, 5.74) is 2.25.